The van der Waals surface area contributed by atoms with Crippen LogP contribution in [0, 0.1) is 0 Å². The van der Waals surface area contributed by atoms with Gasteiger partial charge in [-0.3, -0.25) is 9.69 Å². The summed E-state index contributed by atoms with van der Waals surface area (Å²) in [6, 6.07) is 0. The van der Waals surface area contributed by atoms with Crippen LogP contribution >= 0.6 is 12.6 Å². The molecule has 0 bridgehead atoms. The van der Waals surface area contributed by atoms with Crippen molar-refractivity contribution in [1.29, 1.82) is 0 Å². The van der Waals surface area contributed by atoms with E-state index in [4.69, 9.17) is 4.74 Å². The van der Waals surface area contributed by atoms with E-state index in [1.807, 2.05) is 6.20 Å². The fourth-order valence-corrected chi connectivity index (χ4v) is 3.46. The number of hydrogen-bond acceptors (Lipinski definition) is 7. The maximum atomic E-state index is 11.4. The molecule has 1 N–H and O–H groups in total. The van der Waals surface area contributed by atoms with Gasteiger partial charge in [0.1, 0.15) is 5.82 Å². The van der Waals surface area contributed by atoms with E-state index in [1.165, 1.54) is 32.7 Å². The normalized spacial score (nSPS) is 20.4. The Morgan fingerprint density at radius 3 is 2.58 bits per heavy atom. The van der Waals surface area contributed by atoms with Gasteiger partial charge < -0.3 is 19.9 Å². The van der Waals surface area contributed by atoms with Crippen molar-refractivity contribution < 1.29 is 9.53 Å². The first-order chi connectivity index (χ1) is 12.7. The third-order valence-electron chi connectivity index (χ3n) is 4.87. The number of carbonyl (C=O) groups is 1. The maximum Gasteiger partial charge on any atom is 0.284 e. The second-order valence-electron chi connectivity index (χ2n) is 6.49. The van der Waals surface area contributed by atoms with Gasteiger partial charge in [0.15, 0.2) is 0 Å². The zero-order valence-electron chi connectivity index (χ0n) is 15.4. The van der Waals surface area contributed by atoms with E-state index in [9.17, 15) is 4.79 Å². The number of fused-ring (bicyclic) bond motifs is 1. The molecule has 0 saturated carbocycles. The van der Waals surface area contributed by atoms with E-state index in [2.05, 4.69) is 44.6 Å². The average Bonchev–Trinajstić information content (AvgIpc) is 3.13. The summed E-state index contributed by atoms with van der Waals surface area (Å²) in [5.74, 6) is 1.37. The van der Waals surface area contributed by atoms with Gasteiger partial charge in [-0.25, -0.2) is 4.98 Å². The summed E-state index contributed by atoms with van der Waals surface area (Å²) in [5.41, 5.74) is 1.01. The summed E-state index contributed by atoms with van der Waals surface area (Å²) >= 11 is 3.87. The second-order valence-corrected chi connectivity index (χ2v) is 6.87. The molecular formula is C17H28N6O2S. The van der Waals surface area contributed by atoms with Gasteiger partial charge in [-0.05, 0) is 13.0 Å². The lowest BCUT2D eigenvalue weighted by atomic mass is 10.3. The van der Waals surface area contributed by atoms with E-state index in [0.29, 0.717) is 31.5 Å². The number of nitrogens with one attached hydrogen (secondary N) is 1. The second kappa shape index (κ2) is 9.50. The Bertz CT molecular complexity index is 605. The molecule has 3 aliphatic heterocycles. The largest absolute Gasteiger partial charge is 0.378 e. The summed E-state index contributed by atoms with van der Waals surface area (Å²) in [6.45, 7) is 11.8. The van der Waals surface area contributed by atoms with Crippen LogP contribution in [0.5, 0.6) is 0 Å². The van der Waals surface area contributed by atoms with E-state index in [0.717, 1.165) is 25.1 Å². The van der Waals surface area contributed by atoms with Crippen molar-refractivity contribution in [3.8, 4) is 0 Å². The molecule has 1 aromatic heterocycles. The molecule has 0 aliphatic carbocycles. The Morgan fingerprint density at radius 2 is 1.96 bits per heavy atom. The zero-order chi connectivity index (χ0) is 18.4. The molecule has 0 unspecified atom stereocenters. The molecule has 0 radical (unpaired) electrons. The van der Waals surface area contributed by atoms with E-state index in [-0.39, 0.29) is 5.24 Å². The third-order valence-corrected chi connectivity index (χ3v) is 5.11. The van der Waals surface area contributed by atoms with Gasteiger partial charge in [-0.15, -0.1) is 0 Å². The first-order valence-corrected chi connectivity index (χ1v) is 9.76. The standard InChI is InChI=1S/C11H14N4O2S.C6H14N2/c16-11(18)15-2-1-8-7-12-10(13-9(8)15)14-3-5-17-6-4-14;1-2-8-5-3-7-4-6-8/h7H,1-6H2,(H,16,18);7H,2-6H2,1H3. The SMILES string of the molecule is CCN1CCNCC1.O=C(S)N1CCc2cnc(N3CCOCC3)nc21. The first-order valence-electron chi connectivity index (χ1n) is 9.31. The van der Waals surface area contributed by atoms with Crippen LogP contribution in [-0.4, -0.2) is 85.7 Å². The van der Waals surface area contributed by atoms with Crippen LogP contribution in [0.2, 0.25) is 0 Å². The lowest BCUT2D eigenvalue weighted by Crippen LogP contribution is -2.43. The van der Waals surface area contributed by atoms with Gasteiger partial charge in [-0.2, -0.15) is 4.98 Å². The minimum atomic E-state index is -0.264. The predicted molar refractivity (Wildman–Crippen MR) is 105 cm³/mol. The minimum absolute atomic E-state index is 0.264. The molecule has 9 heteroatoms. The number of nitrogens with zero attached hydrogens (tertiary/aromatic N) is 5. The molecule has 1 aromatic rings. The lowest BCUT2D eigenvalue weighted by molar-refractivity contribution is 0.122. The van der Waals surface area contributed by atoms with Crippen molar-refractivity contribution in [3.63, 3.8) is 0 Å². The van der Waals surface area contributed by atoms with E-state index < -0.39 is 0 Å². The van der Waals surface area contributed by atoms with Gasteiger partial charge in [0.25, 0.3) is 5.24 Å². The molecule has 8 nitrogen and oxygen atoms in total. The number of piperazine rings is 1. The molecule has 0 aromatic carbocycles. The van der Waals surface area contributed by atoms with Crippen LogP contribution in [0.1, 0.15) is 12.5 Å². The first kappa shape index (κ1) is 19.3. The Kier molecular flexibility index (Phi) is 7.07. The number of thiol groups is 1. The number of morpholine rings is 1. The number of rotatable bonds is 2. The lowest BCUT2D eigenvalue weighted by Gasteiger charge is -2.27. The monoisotopic (exact) mass is 380 g/mol. The predicted octanol–water partition coefficient (Wildman–Crippen LogP) is 0.637. The van der Waals surface area contributed by atoms with Crippen LogP contribution < -0.4 is 15.1 Å². The van der Waals surface area contributed by atoms with Crippen LogP contribution in [0.15, 0.2) is 6.20 Å². The Labute approximate surface area is 160 Å². The summed E-state index contributed by atoms with van der Waals surface area (Å²) < 4.78 is 5.30. The number of carbonyl (C=O) groups excluding carboxylic acids is 1. The summed E-state index contributed by atoms with van der Waals surface area (Å²) in [6.07, 6.45) is 2.61. The fraction of sp³-hybridized carbons (Fsp3) is 0.706. The minimum Gasteiger partial charge on any atom is -0.378 e. The molecule has 4 heterocycles. The highest BCUT2D eigenvalue weighted by Gasteiger charge is 2.26. The maximum absolute atomic E-state index is 11.4. The highest BCUT2D eigenvalue weighted by Crippen LogP contribution is 2.28. The molecule has 4 rings (SSSR count). The van der Waals surface area contributed by atoms with Crippen molar-refractivity contribution in [2.24, 2.45) is 0 Å². The molecule has 0 spiro atoms. The molecular weight excluding hydrogens is 352 g/mol. The van der Waals surface area contributed by atoms with Gasteiger partial charge in [0, 0.05) is 57.6 Å². The Balaban J connectivity index is 0.000000206. The van der Waals surface area contributed by atoms with Crippen LogP contribution in [0.3, 0.4) is 0 Å². The number of anilines is 2. The highest BCUT2D eigenvalue weighted by molar-refractivity contribution is 7.96. The molecule has 3 aliphatic rings. The van der Waals surface area contributed by atoms with Gasteiger partial charge in [-0.1, -0.05) is 19.6 Å². The van der Waals surface area contributed by atoms with Crippen LogP contribution in [0.4, 0.5) is 16.6 Å². The molecule has 2 saturated heterocycles. The number of aromatic nitrogens is 2. The Hall–Kier alpha value is -1.42. The van der Waals surface area contributed by atoms with Crippen LogP contribution in [0.25, 0.3) is 0 Å². The van der Waals surface area contributed by atoms with Crippen molar-refractivity contribution in [1.82, 2.24) is 20.2 Å². The third kappa shape index (κ3) is 4.85. The number of hydrogen-bond donors (Lipinski definition) is 2. The highest BCUT2D eigenvalue weighted by atomic mass is 32.1. The van der Waals surface area contributed by atoms with Crippen molar-refractivity contribution in [2.75, 3.05) is 75.4 Å². The smallest absolute Gasteiger partial charge is 0.284 e. The number of likely N-dealkylation sites (N-methyl/N-ethyl adjacent to an activating group) is 1. The molecule has 26 heavy (non-hydrogen) atoms. The molecule has 144 valence electrons. The summed E-state index contributed by atoms with van der Waals surface area (Å²) in [4.78, 5) is 26.4. The number of ether oxygens (including phenoxy) is 1. The zero-order valence-corrected chi connectivity index (χ0v) is 16.2. The van der Waals surface area contributed by atoms with Gasteiger partial charge in [0.2, 0.25) is 5.95 Å². The van der Waals surface area contributed by atoms with Gasteiger partial charge >= 0.3 is 0 Å². The van der Waals surface area contributed by atoms with E-state index in [1.54, 1.807) is 4.90 Å². The fourth-order valence-electron chi connectivity index (χ4n) is 3.27. The Morgan fingerprint density at radius 1 is 1.23 bits per heavy atom. The molecule has 0 atom stereocenters. The average molecular weight is 381 g/mol. The molecule has 2 fully saturated rings. The quantitative estimate of drug-likeness (QED) is 0.730. The van der Waals surface area contributed by atoms with E-state index >= 15 is 0 Å². The van der Waals surface area contributed by atoms with Crippen molar-refractivity contribution >= 4 is 29.6 Å². The summed E-state index contributed by atoms with van der Waals surface area (Å²) in [5, 5.41) is 3.04. The van der Waals surface area contributed by atoms with Crippen molar-refractivity contribution in [3.05, 3.63) is 11.8 Å². The number of amides is 1. The molecule has 1 amide bonds. The van der Waals surface area contributed by atoms with Crippen LogP contribution in [-0.2, 0) is 11.2 Å². The van der Waals surface area contributed by atoms with Gasteiger partial charge in [0.05, 0.1) is 13.2 Å². The topological polar surface area (TPSA) is 73.8 Å². The summed E-state index contributed by atoms with van der Waals surface area (Å²) in [7, 11) is 0. The van der Waals surface area contributed by atoms with Crippen molar-refractivity contribution in [2.45, 2.75) is 13.3 Å².